The summed E-state index contributed by atoms with van der Waals surface area (Å²) in [5.74, 6) is 0.364. The Morgan fingerprint density at radius 2 is 1.21 bits per heavy atom. The molecule has 1 aromatic carbocycles. The van der Waals surface area contributed by atoms with Crippen molar-refractivity contribution in [3.8, 4) is 5.75 Å². The second-order valence-electron chi connectivity index (χ2n) is 4.56. The van der Waals surface area contributed by atoms with Crippen LogP contribution < -0.4 is 0 Å². The van der Waals surface area contributed by atoms with Gasteiger partial charge in [0.2, 0.25) is 0 Å². The number of phenolic OH excluding ortho intramolecular Hbond substituents is 1. The van der Waals surface area contributed by atoms with Gasteiger partial charge in [0.05, 0.1) is 0 Å². The Morgan fingerprint density at radius 3 is 1.63 bits per heavy atom. The summed E-state index contributed by atoms with van der Waals surface area (Å²) >= 11 is 0. The molecule has 0 fully saturated rings. The van der Waals surface area contributed by atoms with Gasteiger partial charge in [-0.25, -0.2) is 0 Å². The predicted molar refractivity (Wildman–Crippen MR) is 83.7 cm³/mol. The zero-order valence-electron chi connectivity index (χ0n) is 12.2. The largest absolute Gasteiger partial charge is 0.508 e. The number of phenols is 1. The second kappa shape index (κ2) is 8.36. The lowest BCUT2D eigenvalue weighted by Crippen LogP contribution is -1.99. The molecular weight excluding hydrogens is 232 g/mol. The zero-order valence-corrected chi connectivity index (χ0v) is 12.2. The third-order valence-electron chi connectivity index (χ3n) is 3.12. The Balaban J connectivity index is 3.20. The van der Waals surface area contributed by atoms with Gasteiger partial charge in [-0.1, -0.05) is 36.5 Å². The SMILES string of the molecule is C/C=C/Cc1cc(O)cc(C/C=C/C)c1C/C=C/C. The molecule has 1 aromatic rings. The van der Waals surface area contributed by atoms with E-state index in [-0.39, 0.29) is 0 Å². The number of allylic oxidation sites excluding steroid dienone is 6. The van der Waals surface area contributed by atoms with Gasteiger partial charge in [-0.15, -0.1) is 0 Å². The highest BCUT2D eigenvalue weighted by molar-refractivity contribution is 5.44. The second-order valence-corrected chi connectivity index (χ2v) is 4.56. The van der Waals surface area contributed by atoms with Gasteiger partial charge < -0.3 is 5.11 Å². The highest BCUT2D eigenvalue weighted by Crippen LogP contribution is 2.24. The van der Waals surface area contributed by atoms with E-state index in [4.69, 9.17) is 0 Å². The van der Waals surface area contributed by atoms with E-state index in [2.05, 4.69) is 36.5 Å². The van der Waals surface area contributed by atoms with E-state index in [9.17, 15) is 5.11 Å². The summed E-state index contributed by atoms with van der Waals surface area (Å²) in [6.45, 7) is 6.09. The van der Waals surface area contributed by atoms with Crippen LogP contribution in [0.3, 0.4) is 0 Å². The van der Waals surface area contributed by atoms with E-state index in [0.29, 0.717) is 5.75 Å². The van der Waals surface area contributed by atoms with Crippen LogP contribution in [-0.4, -0.2) is 5.11 Å². The van der Waals surface area contributed by atoms with Gasteiger partial charge in [0, 0.05) is 0 Å². The van der Waals surface area contributed by atoms with Crippen LogP contribution in [0.1, 0.15) is 37.5 Å². The van der Waals surface area contributed by atoms with Crippen molar-refractivity contribution in [3.63, 3.8) is 0 Å². The molecule has 0 amide bonds. The molecule has 102 valence electrons. The molecule has 0 bridgehead atoms. The van der Waals surface area contributed by atoms with Crippen LogP contribution in [0.15, 0.2) is 48.6 Å². The maximum absolute atomic E-state index is 9.88. The molecule has 0 aliphatic heterocycles. The third-order valence-corrected chi connectivity index (χ3v) is 3.12. The van der Waals surface area contributed by atoms with Crippen molar-refractivity contribution in [3.05, 3.63) is 65.3 Å². The van der Waals surface area contributed by atoms with Crippen LogP contribution in [-0.2, 0) is 19.3 Å². The minimum absolute atomic E-state index is 0.364. The topological polar surface area (TPSA) is 20.2 Å². The number of hydrogen-bond donors (Lipinski definition) is 1. The Labute approximate surface area is 117 Å². The zero-order chi connectivity index (χ0) is 14.1. The standard InChI is InChI=1S/C18H24O/c1-4-7-10-15-13-17(19)14-16(11-8-5-2)18(15)12-9-6-3/h4-9,13-14,19H,10-12H2,1-3H3/b7-4+,8-5+,9-6+. The predicted octanol–water partition coefficient (Wildman–Crippen LogP) is 4.75. The fourth-order valence-electron chi connectivity index (χ4n) is 2.13. The number of benzene rings is 1. The van der Waals surface area contributed by atoms with Gasteiger partial charge in [0.15, 0.2) is 0 Å². The van der Waals surface area contributed by atoms with Crippen molar-refractivity contribution < 1.29 is 5.11 Å². The van der Waals surface area contributed by atoms with Crippen molar-refractivity contribution in [2.75, 3.05) is 0 Å². The normalized spacial score (nSPS) is 12.2. The van der Waals surface area contributed by atoms with E-state index < -0.39 is 0 Å². The van der Waals surface area contributed by atoms with Gasteiger partial charge in [-0.2, -0.15) is 0 Å². The molecule has 1 heteroatoms. The Bertz CT molecular complexity index is 443. The first-order valence-corrected chi connectivity index (χ1v) is 6.90. The molecular formula is C18H24O. The third kappa shape index (κ3) is 4.78. The van der Waals surface area contributed by atoms with Crippen LogP contribution in [0.2, 0.25) is 0 Å². The van der Waals surface area contributed by atoms with Gasteiger partial charge in [0.25, 0.3) is 0 Å². The van der Waals surface area contributed by atoms with Crippen molar-refractivity contribution in [1.29, 1.82) is 0 Å². The van der Waals surface area contributed by atoms with E-state index in [0.717, 1.165) is 19.3 Å². The van der Waals surface area contributed by atoms with Crippen molar-refractivity contribution >= 4 is 0 Å². The number of rotatable bonds is 6. The highest BCUT2D eigenvalue weighted by Gasteiger charge is 2.08. The van der Waals surface area contributed by atoms with Gasteiger partial charge in [0.1, 0.15) is 5.75 Å². The molecule has 0 unspecified atom stereocenters. The average Bonchev–Trinajstić information content (AvgIpc) is 2.41. The van der Waals surface area contributed by atoms with E-state index in [1.807, 2.05) is 32.9 Å². The molecule has 0 radical (unpaired) electrons. The monoisotopic (exact) mass is 256 g/mol. The molecule has 0 saturated carbocycles. The Kier molecular flexibility index (Phi) is 6.73. The first-order valence-electron chi connectivity index (χ1n) is 6.90. The number of hydrogen-bond acceptors (Lipinski definition) is 1. The molecule has 0 aliphatic carbocycles. The Morgan fingerprint density at radius 1 is 0.789 bits per heavy atom. The van der Waals surface area contributed by atoms with Crippen LogP contribution >= 0.6 is 0 Å². The fourth-order valence-corrected chi connectivity index (χ4v) is 2.13. The molecule has 0 aromatic heterocycles. The fraction of sp³-hybridized carbons (Fsp3) is 0.333. The lowest BCUT2D eigenvalue weighted by molar-refractivity contribution is 0.473. The molecule has 1 nitrogen and oxygen atoms in total. The molecule has 19 heavy (non-hydrogen) atoms. The van der Waals surface area contributed by atoms with Crippen molar-refractivity contribution in [1.82, 2.24) is 0 Å². The van der Waals surface area contributed by atoms with Crippen molar-refractivity contribution in [2.24, 2.45) is 0 Å². The lowest BCUT2D eigenvalue weighted by atomic mass is 9.93. The summed E-state index contributed by atoms with van der Waals surface area (Å²) in [6.07, 6.45) is 15.3. The maximum atomic E-state index is 9.88. The van der Waals surface area contributed by atoms with Gasteiger partial charge >= 0.3 is 0 Å². The van der Waals surface area contributed by atoms with E-state index in [1.165, 1.54) is 16.7 Å². The first-order chi connectivity index (χ1) is 9.22. The molecule has 0 saturated heterocycles. The molecule has 0 spiro atoms. The van der Waals surface area contributed by atoms with Crippen molar-refractivity contribution in [2.45, 2.75) is 40.0 Å². The number of aromatic hydroxyl groups is 1. The minimum Gasteiger partial charge on any atom is -0.508 e. The molecule has 1 rings (SSSR count). The summed E-state index contributed by atoms with van der Waals surface area (Å²) in [5.41, 5.74) is 3.78. The highest BCUT2D eigenvalue weighted by atomic mass is 16.3. The lowest BCUT2D eigenvalue weighted by Gasteiger charge is -2.13. The Hall–Kier alpha value is -1.76. The van der Waals surface area contributed by atoms with Crippen LogP contribution in [0, 0.1) is 0 Å². The molecule has 0 heterocycles. The average molecular weight is 256 g/mol. The summed E-state index contributed by atoms with van der Waals surface area (Å²) in [5, 5.41) is 9.88. The summed E-state index contributed by atoms with van der Waals surface area (Å²) in [7, 11) is 0. The summed E-state index contributed by atoms with van der Waals surface area (Å²) in [6, 6.07) is 3.77. The summed E-state index contributed by atoms with van der Waals surface area (Å²) in [4.78, 5) is 0. The van der Waals surface area contributed by atoms with E-state index in [1.54, 1.807) is 0 Å². The summed E-state index contributed by atoms with van der Waals surface area (Å²) < 4.78 is 0. The minimum atomic E-state index is 0.364. The quantitative estimate of drug-likeness (QED) is 0.728. The van der Waals surface area contributed by atoms with E-state index >= 15 is 0 Å². The van der Waals surface area contributed by atoms with Crippen LogP contribution in [0.4, 0.5) is 0 Å². The molecule has 0 aliphatic rings. The first kappa shape index (κ1) is 15.3. The maximum Gasteiger partial charge on any atom is 0.116 e. The van der Waals surface area contributed by atoms with Crippen LogP contribution in [0.5, 0.6) is 5.75 Å². The molecule has 0 atom stereocenters. The van der Waals surface area contributed by atoms with Gasteiger partial charge in [-0.05, 0) is 68.9 Å². The van der Waals surface area contributed by atoms with Gasteiger partial charge in [-0.3, -0.25) is 0 Å². The smallest absolute Gasteiger partial charge is 0.116 e. The molecule has 1 N–H and O–H groups in total. The van der Waals surface area contributed by atoms with Crippen LogP contribution in [0.25, 0.3) is 0 Å².